The first-order chi connectivity index (χ1) is 19.6. The van der Waals surface area contributed by atoms with Crippen LogP contribution in [0.5, 0.6) is 11.5 Å². The van der Waals surface area contributed by atoms with E-state index in [-0.39, 0.29) is 14.5 Å². The Morgan fingerprint density at radius 1 is 1.05 bits per heavy atom. The van der Waals surface area contributed by atoms with E-state index in [1.54, 1.807) is 28.8 Å². The molecule has 0 radical (unpaired) electrons. The summed E-state index contributed by atoms with van der Waals surface area (Å²) in [4.78, 5) is 24.0. The smallest absolute Gasteiger partial charge is 0.416 e. The second kappa shape index (κ2) is 11.8. The summed E-state index contributed by atoms with van der Waals surface area (Å²) in [5.74, 6) is 1.18. The standard InChI is InChI=1S/C30H33F3N6O2.2H2/c1-19-5-4-6-20(2)39(19)16-15-35-28(40)26-18-24(13-14-34-26)41-23-11-12-27-25(17-23)37-29(38(27)3)36-22-9-7-21(8-10-22)30(31,32)33;;/h7-14,17-20H,4-6,15-16H2,1-3H3,(H,35,40)(H,36,37);2*1H. The molecule has 0 saturated carbocycles. The molecule has 41 heavy (non-hydrogen) atoms. The number of nitrogens with one attached hydrogen (secondary N) is 2. The number of anilines is 2. The average molecular weight is 571 g/mol. The molecule has 220 valence electrons. The number of hydrogen-bond donors (Lipinski definition) is 2. The highest BCUT2D eigenvalue weighted by Crippen LogP contribution is 2.31. The third-order valence-corrected chi connectivity index (χ3v) is 7.55. The van der Waals surface area contributed by atoms with Gasteiger partial charge in [-0.3, -0.25) is 14.7 Å². The highest BCUT2D eigenvalue weighted by molar-refractivity contribution is 5.92. The maximum atomic E-state index is 12.9. The number of likely N-dealkylation sites (tertiary alicyclic amines) is 1. The van der Waals surface area contributed by atoms with Gasteiger partial charge in [0.1, 0.15) is 17.2 Å². The van der Waals surface area contributed by atoms with Crippen molar-refractivity contribution in [1.29, 1.82) is 0 Å². The third kappa shape index (κ3) is 6.62. The van der Waals surface area contributed by atoms with Crippen molar-refractivity contribution in [2.45, 2.75) is 51.4 Å². The van der Waals surface area contributed by atoms with Crippen molar-refractivity contribution in [3.8, 4) is 11.5 Å². The van der Waals surface area contributed by atoms with Crippen LogP contribution in [0, 0.1) is 0 Å². The van der Waals surface area contributed by atoms with E-state index in [0.29, 0.717) is 47.3 Å². The summed E-state index contributed by atoms with van der Waals surface area (Å²) < 4.78 is 46.4. The molecular weight excluding hydrogens is 533 g/mol. The Balaban J connectivity index is 0.00000253. The zero-order valence-corrected chi connectivity index (χ0v) is 23.2. The molecule has 2 unspecified atom stereocenters. The Labute approximate surface area is 239 Å². The number of benzene rings is 2. The highest BCUT2D eigenvalue weighted by atomic mass is 19.4. The number of imidazole rings is 1. The van der Waals surface area contributed by atoms with Gasteiger partial charge in [-0.1, -0.05) is 6.42 Å². The van der Waals surface area contributed by atoms with Gasteiger partial charge in [-0.25, -0.2) is 4.98 Å². The van der Waals surface area contributed by atoms with Gasteiger partial charge in [0.2, 0.25) is 5.95 Å². The van der Waals surface area contributed by atoms with Gasteiger partial charge in [0.25, 0.3) is 5.91 Å². The van der Waals surface area contributed by atoms with Gasteiger partial charge in [-0.2, -0.15) is 13.2 Å². The molecule has 2 atom stereocenters. The predicted octanol–water partition coefficient (Wildman–Crippen LogP) is 7.01. The fraction of sp³-hybridized carbons (Fsp3) is 0.367. The molecule has 2 N–H and O–H groups in total. The van der Waals surface area contributed by atoms with E-state index in [9.17, 15) is 18.0 Å². The molecule has 1 amide bonds. The van der Waals surface area contributed by atoms with Crippen LogP contribution in [-0.4, -0.2) is 50.5 Å². The number of carbonyl (C=O) groups is 1. The second-order valence-corrected chi connectivity index (χ2v) is 10.4. The van der Waals surface area contributed by atoms with E-state index in [1.807, 2.05) is 13.1 Å². The lowest BCUT2D eigenvalue weighted by molar-refractivity contribution is -0.137. The Morgan fingerprint density at radius 2 is 1.76 bits per heavy atom. The predicted molar refractivity (Wildman–Crippen MR) is 156 cm³/mol. The molecule has 11 heteroatoms. The maximum absolute atomic E-state index is 12.9. The van der Waals surface area contributed by atoms with E-state index < -0.39 is 11.7 Å². The van der Waals surface area contributed by atoms with Crippen molar-refractivity contribution >= 4 is 28.6 Å². The number of pyridine rings is 1. The summed E-state index contributed by atoms with van der Waals surface area (Å²) >= 11 is 0. The fourth-order valence-corrected chi connectivity index (χ4v) is 5.27. The molecule has 1 aliphatic rings. The molecule has 2 aromatic carbocycles. The number of hydrogen-bond acceptors (Lipinski definition) is 6. The van der Waals surface area contributed by atoms with Gasteiger partial charge < -0.3 is 19.9 Å². The molecule has 3 heterocycles. The lowest BCUT2D eigenvalue weighted by atomic mass is 9.98. The molecular formula is C30H37F3N6O2. The van der Waals surface area contributed by atoms with Crippen molar-refractivity contribution in [3.63, 3.8) is 0 Å². The topological polar surface area (TPSA) is 84.3 Å². The van der Waals surface area contributed by atoms with Gasteiger partial charge in [0.05, 0.1) is 16.6 Å². The number of aryl methyl sites for hydroxylation is 1. The van der Waals surface area contributed by atoms with Crippen LogP contribution >= 0.6 is 0 Å². The van der Waals surface area contributed by atoms with E-state index in [0.717, 1.165) is 24.2 Å². The number of alkyl halides is 3. The van der Waals surface area contributed by atoms with Crippen LogP contribution < -0.4 is 15.4 Å². The van der Waals surface area contributed by atoms with Crippen LogP contribution in [0.2, 0.25) is 0 Å². The monoisotopic (exact) mass is 570 g/mol. The zero-order valence-electron chi connectivity index (χ0n) is 23.2. The first-order valence-corrected chi connectivity index (χ1v) is 13.7. The van der Waals surface area contributed by atoms with Crippen molar-refractivity contribution in [1.82, 2.24) is 24.8 Å². The number of ether oxygens (including phenoxy) is 1. The quantitative estimate of drug-likeness (QED) is 0.237. The number of carbonyl (C=O) groups excluding carboxylic acids is 1. The van der Waals surface area contributed by atoms with Crippen molar-refractivity contribution in [2.24, 2.45) is 7.05 Å². The zero-order chi connectivity index (χ0) is 29.1. The van der Waals surface area contributed by atoms with E-state index in [1.165, 1.54) is 37.6 Å². The molecule has 1 saturated heterocycles. The molecule has 1 fully saturated rings. The number of piperidine rings is 1. The van der Waals surface area contributed by atoms with Crippen LogP contribution in [0.3, 0.4) is 0 Å². The van der Waals surface area contributed by atoms with Gasteiger partial charge in [-0.05, 0) is 69.2 Å². The molecule has 2 aromatic heterocycles. The molecule has 0 spiro atoms. The average Bonchev–Trinajstić information content (AvgIpc) is 3.24. The third-order valence-electron chi connectivity index (χ3n) is 7.55. The Kier molecular flexibility index (Phi) is 8.16. The van der Waals surface area contributed by atoms with Crippen molar-refractivity contribution in [3.05, 3.63) is 72.1 Å². The first-order valence-electron chi connectivity index (χ1n) is 13.7. The number of fused-ring (bicyclic) bond motifs is 1. The van der Waals surface area contributed by atoms with Crippen LogP contribution in [-0.2, 0) is 13.2 Å². The Bertz CT molecular complexity index is 1520. The largest absolute Gasteiger partial charge is 0.457 e. The second-order valence-electron chi connectivity index (χ2n) is 10.4. The van der Waals surface area contributed by atoms with Crippen LogP contribution in [0.15, 0.2) is 60.8 Å². The molecule has 8 nitrogen and oxygen atoms in total. The van der Waals surface area contributed by atoms with Crippen molar-refractivity contribution < 1.29 is 25.6 Å². The minimum atomic E-state index is -4.39. The van der Waals surface area contributed by atoms with Gasteiger partial charge in [0, 0.05) is 59.1 Å². The highest BCUT2D eigenvalue weighted by Gasteiger charge is 2.30. The summed E-state index contributed by atoms with van der Waals surface area (Å²) in [6.07, 6.45) is 0.748. The van der Waals surface area contributed by atoms with E-state index >= 15 is 0 Å². The van der Waals surface area contributed by atoms with E-state index in [4.69, 9.17) is 4.74 Å². The summed E-state index contributed by atoms with van der Waals surface area (Å²) in [6, 6.07) is 14.5. The van der Waals surface area contributed by atoms with Crippen LogP contribution in [0.1, 0.15) is 52.0 Å². The van der Waals surface area contributed by atoms with Gasteiger partial charge >= 0.3 is 6.18 Å². The summed E-state index contributed by atoms with van der Waals surface area (Å²) in [5, 5.41) is 6.03. The summed E-state index contributed by atoms with van der Waals surface area (Å²) in [7, 11) is 1.81. The number of halogens is 3. The SMILES string of the molecule is CC1CCCC(C)N1CCNC(=O)c1cc(Oc2ccc3c(c2)nc(Nc2ccc(C(F)(F)F)cc2)n3C)ccn1.[HH].[HH]. The van der Waals surface area contributed by atoms with Gasteiger partial charge in [0.15, 0.2) is 0 Å². The summed E-state index contributed by atoms with van der Waals surface area (Å²) in [6.45, 7) is 5.81. The maximum Gasteiger partial charge on any atom is 0.416 e. The van der Waals surface area contributed by atoms with E-state index in [2.05, 4.69) is 39.3 Å². The molecule has 0 bridgehead atoms. The van der Waals surface area contributed by atoms with Crippen LogP contribution in [0.4, 0.5) is 24.8 Å². The number of aromatic nitrogens is 3. The molecule has 1 aliphatic heterocycles. The number of amides is 1. The first kappa shape index (κ1) is 28.4. The molecule has 0 aliphatic carbocycles. The minimum Gasteiger partial charge on any atom is -0.457 e. The lowest BCUT2D eigenvalue weighted by Crippen LogP contribution is -2.47. The van der Waals surface area contributed by atoms with Gasteiger partial charge in [-0.15, -0.1) is 0 Å². The lowest BCUT2D eigenvalue weighted by Gasteiger charge is -2.39. The Morgan fingerprint density at radius 3 is 2.46 bits per heavy atom. The molecule has 5 rings (SSSR count). The van der Waals surface area contributed by atoms with Crippen LogP contribution in [0.25, 0.3) is 11.0 Å². The normalized spacial score (nSPS) is 17.9. The summed E-state index contributed by atoms with van der Waals surface area (Å²) in [5.41, 5.74) is 1.47. The Hall–Kier alpha value is -4.12. The van der Waals surface area contributed by atoms with Crippen molar-refractivity contribution in [2.75, 3.05) is 18.4 Å². The number of nitrogens with zero attached hydrogens (tertiary/aromatic N) is 4. The molecule has 4 aromatic rings. The fourth-order valence-electron chi connectivity index (χ4n) is 5.27. The number of rotatable bonds is 8. The minimum absolute atomic E-state index is 0.